The Hall–Kier alpha value is -2.31. The molecule has 0 fully saturated rings. The molecule has 0 saturated heterocycles. The molecule has 0 radical (unpaired) electrons. The normalized spacial score (nSPS) is 15.5. The minimum Gasteiger partial charge on any atom is -1.00 e. The Kier molecular flexibility index (Phi) is 12.3. The molecule has 1 atom stereocenters. The van der Waals surface area contributed by atoms with Crippen molar-refractivity contribution < 1.29 is 46.1 Å². The average molecular weight is 755 g/mol. The number of fused-ring (bicyclic) bond motifs is 3. The fraction of sp³-hybridized carbons (Fsp3) is 0.356. The predicted molar refractivity (Wildman–Crippen MR) is 197 cm³/mol. The van der Waals surface area contributed by atoms with Crippen LogP contribution in [0.5, 0.6) is 0 Å². The minimum atomic E-state index is -2.87. The molecule has 0 bridgehead atoms. The van der Waals surface area contributed by atoms with Gasteiger partial charge in [-0.05, 0) is 0 Å². The van der Waals surface area contributed by atoms with Gasteiger partial charge in [0, 0.05) is 0 Å². The van der Waals surface area contributed by atoms with Crippen LogP contribution in [0.4, 0.5) is 0 Å². The second-order valence-corrected chi connectivity index (χ2v) is 21.5. The van der Waals surface area contributed by atoms with Gasteiger partial charge < -0.3 is 24.8 Å². The van der Waals surface area contributed by atoms with E-state index in [1.54, 1.807) is 28.8 Å². The van der Waals surface area contributed by atoms with Crippen molar-refractivity contribution in [1.29, 1.82) is 0 Å². The Morgan fingerprint density at radius 1 is 0.604 bits per heavy atom. The van der Waals surface area contributed by atoms with E-state index in [-0.39, 0.29) is 35.6 Å². The Morgan fingerprint density at radius 2 is 1.06 bits per heavy atom. The number of halogens is 2. The summed E-state index contributed by atoms with van der Waals surface area (Å²) in [5.41, 5.74) is 15.3. The van der Waals surface area contributed by atoms with E-state index in [1.165, 1.54) is 39.8 Å². The molecule has 0 aromatic heterocycles. The van der Waals surface area contributed by atoms with E-state index < -0.39 is 21.3 Å². The predicted octanol–water partition coefficient (Wildman–Crippen LogP) is 6.29. The van der Waals surface area contributed by atoms with Crippen molar-refractivity contribution in [3.8, 4) is 11.1 Å². The minimum absolute atomic E-state index is 0. The number of allylic oxidation sites excluding steroid dienone is 4. The molecule has 4 aromatic rings. The summed E-state index contributed by atoms with van der Waals surface area (Å²) in [6, 6.07) is 37.9. The third-order valence-corrected chi connectivity index (χ3v) is 18.9. The van der Waals surface area contributed by atoms with E-state index >= 15 is 0 Å². The monoisotopic (exact) mass is 752 g/mol. The maximum Gasteiger partial charge on any atom is -1.00 e. The van der Waals surface area contributed by atoms with Crippen LogP contribution in [0.3, 0.4) is 0 Å². The Morgan fingerprint density at radius 3 is 1.44 bits per heavy atom. The summed E-state index contributed by atoms with van der Waals surface area (Å²) in [5.74, 6) is 0.542. The topological polar surface area (TPSA) is 0 Å². The first-order valence-corrected chi connectivity index (χ1v) is 21.4. The zero-order valence-corrected chi connectivity index (χ0v) is 34.3. The van der Waals surface area contributed by atoms with Gasteiger partial charge >= 0.3 is 288 Å². The quantitative estimate of drug-likeness (QED) is 0.209. The first kappa shape index (κ1) is 38.5. The van der Waals surface area contributed by atoms with E-state index in [0.717, 1.165) is 12.8 Å². The maximum absolute atomic E-state index is 2.87. The molecule has 2 aliphatic carbocycles. The van der Waals surface area contributed by atoms with Crippen LogP contribution in [-0.4, -0.2) is 3.21 Å². The summed E-state index contributed by atoms with van der Waals surface area (Å²) in [4.78, 5) is 0. The molecule has 4 aromatic carbocycles. The van der Waals surface area contributed by atoms with Gasteiger partial charge in [0.2, 0.25) is 0 Å². The van der Waals surface area contributed by atoms with Crippen molar-refractivity contribution in [3.05, 3.63) is 151 Å². The molecule has 1 unspecified atom stereocenters. The van der Waals surface area contributed by atoms with E-state index in [2.05, 4.69) is 165 Å². The summed E-state index contributed by atoms with van der Waals surface area (Å²) in [5, 5.41) is 0. The molecule has 3 heteroatoms. The van der Waals surface area contributed by atoms with Crippen LogP contribution < -0.4 is 24.8 Å². The zero-order chi connectivity index (χ0) is 32.8. The molecular formula is C45H52Cl2Zr. The van der Waals surface area contributed by atoms with Crippen molar-refractivity contribution in [2.75, 3.05) is 0 Å². The van der Waals surface area contributed by atoms with Crippen LogP contribution in [-0.2, 0) is 32.1 Å². The molecular weight excluding hydrogens is 703 g/mol. The van der Waals surface area contributed by atoms with Crippen LogP contribution in [0.1, 0.15) is 119 Å². The summed E-state index contributed by atoms with van der Waals surface area (Å²) >= 11 is -2.87. The zero-order valence-electron chi connectivity index (χ0n) is 30.3. The molecule has 48 heavy (non-hydrogen) atoms. The van der Waals surface area contributed by atoms with Gasteiger partial charge in [-0.2, -0.15) is 0 Å². The SMILES string of the molecule is CCC1=C(CC)C(CC)[C]([Zr+2](=[C](c2ccccc2)c2ccccc2)[CH]2c3cc(C(C)(C)C)ccc3-c3ccc(C(C)(C)C)cc32)=C1.[Cl-].[Cl-]. The smallest absolute Gasteiger partial charge is 1.00 e. The molecule has 0 aliphatic heterocycles. The Labute approximate surface area is 311 Å². The van der Waals surface area contributed by atoms with E-state index in [0.29, 0.717) is 9.54 Å². The van der Waals surface area contributed by atoms with E-state index in [4.69, 9.17) is 0 Å². The standard InChI is InChI=1S/C21H25.C13H10.C11H17.2ClH.Zr/c1-20(2,3)16-7-9-18-14(12-16)11-15-13-17(21(4,5)6)8-10-19(15)18;1-3-7-12(8-4-1)11-13-9-5-2-6-10-13;1-4-9-7-8-10(5-2)11(9)6-3;;;/h7-13H,1-6H3;1-10H;7,10H,4-6H2,1-3H3;2*1H;/q;;;;;+2/p-2. The van der Waals surface area contributed by atoms with Crippen molar-refractivity contribution in [2.24, 2.45) is 5.92 Å². The maximum atomic E-state index is 2.73. The van der Waals surface area contributed by atoms with Crippen molar-refractivity contribution in [2.45, 2.75) is 96.0 Å². The molecule has 0 amide bonds. The van der Waals surface area contributed by atoms with Gasteiger partial charge in [-0.15, -0.1) is 0 Å². The molecule has 6 rings (SSSR count). The van der Waals surface area contributed by atoms with Crippen LogP contribution >= 0.6 is 0 Å². The summed E-state index contributed by atoms with van der Waals surface area (Å²) in [6.07, 6.45) is 6.17. The van der Waals surface area contributed by atoms with Crippen molar-refractivity contribution >= 4 is 3.21 Å². The first-order valence-electron chi connectivity index (χ1n) is 17.6. The Bertz CT molecular complexity index is 1740. The summed E-state index contributed by atoms with van der Waals surface area (Å²) < 4.78 is 3.85. The number of benzene rings is 4. The average Bonchev–Trinajstić information content (AvgIpc) is 3.57. The van der Waals surface area contributed by atoms with Crippen molar-refractivity contribution in [1.82, 2.24) is 0 Å². The molecule has 0 heterocycles. The number of hydrogen-bond donors (Lipinski definition) is 0. The van der Waals surface area contributed by atoms with E-state index in [1.807, 2.05) is 0 Å². The molecule has 0 saturated carbocycles. The fourth-order valence-electron chi connectivity index (χ4n) is 7.97. The second kappa shape index (κ2) is 15.3. The molecule has 0 spiro atoms. The van der Waals surface area contributed by atoms with Gasteiger partial charge in [0.1, 0.15) is 0 Å². The van der Waals surface area contributed by atoms with Gasteiger partial charge in [-0.25, -0.2) is 0 Å². The van der Waals surface area contributed by atoms with Gasteiger partial charge in [0.15, 0.2) is 0 Å². The molecule has 0 N–H and O–H groups in total. The third kappa shape index (κ3) is 7.13. The summed E-state index contributed by atoms with van der Waals surface area (Å²) in [7, 11) is 0. The molecule has 0 nitrogen and oxygen atoms in total. The van der Waals surface area contributed by atoms with Crippen molar-refractivity contribution in [3.63, 3.8) is 0 Å². The van der Waals surface area contributed by atoms with Crippen LogP contribution in [0.2, 0.25) is 0 Å². The van der Waals surface area contributed by atoms with Crippen LogP contribution in [0.15, 0.2) is 118 Å². The Balaban J connectivity index is 0.00000260. The van der Waals surface area contributed by atoms with Gasteiger partial charge in [-0.3, -0.25) is 0 Å². The number of hydrogen-bond acceptors (Lipinski definition) is 0. The fourth-order valence-corrected chi connectivity index (χ4v) is 17.9. The first-order chi connectivity index (χ1) is 22.0. The van der Waals surface area contributed by atoms with Gasteiger partial charge in [0.25, 0.3) is 0 Å². The number of rotatable bonds is 7. The van der Waals surface area contributed by atoms with Crippen LogP contribution in [0.25, 0.3) is 11.1 Å². The van der Waals surface area contributed by atoms with Crippen LogP contribution in [0, 0.1) is 5.92 Å². The van der Waals surface area contributed by atoms with E-state index in [9.17, 15) is 0 Å². The molecule has 250 valence electrons. The third-order valence-electron chi connectivity index (χ3n) is 10.4. The molecule has 2 aliphatic rings. The van der Waals surface area contributed by atoms with Gasteiger partial charge in [0.05, 0.1) is 0 Å². The largest absolute Gasteiger partial charge is 1.00 e. The summed E-state index contributed by atoms with van der Waals surface area (Å²) in [6.45, 7) is 21.4. The second-order valence-electron chi connectivity index (χ2n) is 15.4. The van der Waals surface area contributed by atoms with Gasteiger partial charge in [-0.1, -0.05) is 0 Å².